The maximum absolute atomic E-state index is 12.5. The van der Waals surface area contributed by atoms with Crippen molar-refractivity contribution in [3.63, 3.8) is 0 Å². The van der Waals surface area contributed by atoms with E-state index >= 15 is 0 Å². The van der Waals surface area contributed by atoms with Gasteiger partial charge in [-0.25, -0.2) is 8.42 Å². The van der Waals surface area contributed by atoms with Crippen molar-refractivity contribution in [2.45, 2.75) is 31.1 Å². The van der Waals surface area contributed by atoms with E-state index < -0.39 is 9.84 Å². The SMILES string of the molecule is CC(=O)Nc1ccc(S(=O)(=O)CNCCCC(=O)N(C)CCc2ccc(C3=NCCN3)cc2)cc1Cl. The highest BCUT2D eigenvalue weighted by atomic mass is 35.5. The van der Waals surface area contributed by atoms with Gasteiger partial charge in [-0.3, -0.25) is 14.6 Å². The molecule has 0 aliphatic carbocycles. The molecule has 9 nitrogen and oxygen atoms in total. The minimum absolute atomic E-state index is 0.0149. The maximum atomic E-state index is 12.5. The summed E-state index contributed by atoms with van der Waals surface area (Å²) in [4.78, 5) is 29.8. The van der Waals surface area contributed by atoms with Gasteiger partial charge in [0, 0.05) is 39.0 Å². The van der Waals surface area contributed by atoms with E-state index in [1.54, 1.807) is 11.9 Å². The predicted octanol–water partition coefficient (Wildman–Crippen LogP) is 2.45. The number of hydrogen-bond donors (Lipinski definition) is 3. The molecule has 1 aliphatic rings. The highest BCUT2D eigenvalue weighted by Crippen LogP contribution is 2.25. The molecule has 2 aromatic carbocycles. The number of benzene rings is 2. The third-order valence-electron chi connectivity index (χ3n) is 5.71. The molecule has 36 heavy (non-hydrogen) atoms. The molecule has 0 fully saturated rings. The van der Waals surface area contributed by atoms with Gasteiger partial charge in [-0.1, -0.05) is 35.9 Å². The number of sulfone groups is 1. The molecular formula is C25H32ClN5O4S. The van der Waals surface area contributed by atoms with E-state index in [-0.39, 0.29) is 27.6 Å². The minimum atomic E-state index is -3.61. The molecule has 11 heteroatoms. The lowest BCUT2D eigenvalue weighted by Crippen LogP contribution is -2.30. The molecule has 3 rings (SSSR count). The number of carbonyl (C=O) groups excluding carboxylic acids is 2. The van der Waals surface area contributed by atoms with Gasteiger partial charge in [0.05, 0.1) is 22.2 Å². The number of amidine groups is 1. The fraction of sp³-hybridized carbons (Fsp3) is 0.400. The Balaban J connectivity index is 1.36. The average molecular weight is 534 g/mol. The molecule has 1 heterocycles. The summed E-state index contributed by atoms with van der Waals surface area (Å²) >= 11 is 6.08. The van der Waals surface area contributed by atoms with Gasteiger partial charge < -0.3 is 20.9 Å². The van der Waals surface area contributed by atoms with Crippen LogP contribution in [0.1, 0.15) is 30.9 Å². The van der Waals surface area contributed by atoms with Crippen LogP contribution < -0.4 is 16.0 Å². The first-order chi connectivity index (χ1) is 17.2. The topological polar surface area (TPSA) is 120 Å². The van der Waals surface area contributed by atoms with Gasteiger partial charge in [0.25, 0.3) is 0 Å². The highest BCUT2D eigenvalue weighted by molar-refractivity contribution is 7.91. The number of hydrogen-bond acceptors (Lipinski definition) is 7. The normalized spacial score (nSPS) is 13.1. The van der Waals surface area contributed by atoms with Crippen LogP contribution in [0.2, 0.25) is 5.02 Å². The molecule has 0 unspecified atom stereocenters. The molecule has 0 aromatic heterocycles. The minimum Gasteiger partial charge on any atom is -0.368 e. The molecular weight excluding hydrogens is 502 g/mol. The van der Waals surface area contributed by atoms with E-state index in [0.717, 1.165) is 36.5 Å². The standard InChI is InChI=1S/C25H32ClN5O4S/c1-18(32)30-23-10-9-21(16-22(23)26)36(34,35)17-27-12-3-4-24(33)31(2)15-11-19-5-7-20(8-6-19)25-28-13-14-29-25/h5-10,16,27H,3-4,11-15,17H2,1-2H3,(H,28,29)(H,30,32). The van der Waals surface area contributed by atoms with E-state index in [1.165, 1.54) is 25.1 Å². The van der Waals surface area contributed by atoms with Gasteiger partial charge in [-0.2, -0.15) is 0 Å². The molecule has 3 N–H and O–H groups in total. The van der Waals surface area contributed by atoms with Gasteiger partial charge in [0.15, 0.2) is 9.84 Å². The quantitative estimate of drug-likeness (QED) is 0.360. The third kappa shape index (κ3) is 8.04. The smallest absolute Gasteiger partial charge is 0.222 e. The van der Waals surface area contributed by atoms with Crippen molar-refractivity contribution >= 4 is 44.8 Å². The van der Waals surface area contributed by atoms with Crippen LogP contribution in [0.4, 0.5) is 5.69 Å². The van der Waals surface area contributed by atoms with Crippen molar-refractivity contribution in [3.8, 4) is 0 Å². The summed E-state index contributed by atoms with van der Waals surface area (Å²) in [5, 5.41) is 8.82. The van der Waals surface area contributed by atoms with Crippen LogP contribution in [-0.2, 0) is 25.8 Å². The summed E-state index contributed by atoms with van der Waals surface area (Å²) < 4.78 is 25.1. The van der Waals surface area contributed by atoms with Gasteiger partial charge in [-0.15, -0.1) is 0 Å². The number of rotatable bonds is 12. The first kappa shape index (κ1) is 27.6. The number of anilines is 1. The van der Waals surface area contributed by atoms with Crippen LogP contribution >= 0.6 is 11.6 Å². The molecule has 0 bridgehead atoms. The molecule has 0 spiro atoms. The second-order valence-corrected chi connectivity index (χ2v) is 11.0. The Morgan fingerprint density at radius 2 is 1.92 bits per heavy atom. The number of likely N-dealkylation sites (N-methyl/N-ethyl adjacent to an activating group) is 1. The van der Waals surface area contributed by atoms with Gasteiger partial charge in [0.1, 0.15) is 11.7 Å². The van der Waals surface area contributed by atoms with Gasteiger partial charge >= 0.3 is 0 Å². The van der Waals surface area contributed by atoms with Crippen LogP contribution in [0.15, 0.2) is 52.4 Å². The van der Waals surface area contributed by atoms with Gasteiger partial charge in [0.2, 0.25) is 11.8 Å². The number of halogens is 1. The fourth-order valence-corrected chi connectivity index (χ4v) is 5.11. The fourth-order valence-electron chi connectivity index (χ4n) is 3.67. The van der Waals surface area contributed by atoms with Crippen molar-refractivity contribution in [2.75, 3.05) is 44.4 Å². The van der Waals surface area contributed by atoms with E-state index in [1.807, 2.05) is 12.1 Å². The van der Waals surface area contributed by atoms with E-state index in [0.29, 0.717) is 31.6 Å². The number of aliphatic imine (C=N–C) groups is 1. The first-order valence-corrected chi connectivity index (χ1v) is 13.8. The van der Waals surface area contributed by atoms with Crippen LogP contribution in [0.5, 0.6) is 0 Å². The zero-order valence-corrected chi connectivity index (χ0v) is 22.1. The lowest BCUT2D eigenvalue weighted by Gasteiger charge is -2.17. The largest absolute Gasteiger partial charge is 0.368 e. The van der Waals surface area contributed by atoms with Crippen molar-refractivity contribution in [1.29, 1.82) is 0 Å². The summed E-state index contributed by atoms with van der Waals surface area (Å²) in [6.07, 6.45) is 1.60. The Kier molecular flexibility index (Phi) is 9.86. The summed E-state index contributed by atoms with van der Waals surface area (Å²) in [5.41, 5.74) is 2.57. The Morgan fingerprint density at radius 3 is 2.56 bits per heavy atom. The summed E-state index contributed by atoms with van der Waals surface area (Å²) in [6.45, 7) is 4.01. The zero-order chi connectivity index (χ0) is 26.1. The maximum Gasteiger partial charge on any atom is 0.222 e. The molecule has 2 amide bonds. The Morgan fingerprint density at radius 1 is 1.17 bits per heavy atom. The molecule has 2 aromatic rings. The second-order valence-electron chi connectivity index (χ2n) is 8.60. The molecule has 194 valence electrons. The van der Waals surface area contributed by atoms with Crippen molar-refractivity contribution in [2.24, 2.45) is 4.99 Å². The van der Waals surface area contributed by atoms with Crippen molar-refractivity contribution in [1.82, 2.24) is 15.5 Å². The zero-order valence-electron chi connectivity index (χ0n) is 20.5. The molecule has 0 atom stereocenters. The van der Waals surface area contributed by atoms with Crippen LogP contribution in [0.3, 0.4) is 0 Å². The highest BCUT2D eigenvalue weighted by Gasteiger charge is 2.16. The number of nitrogens with one attached hydrogen (secondary N) is 3. The van der Waals surface area contributed by atoms with Gasteiger partial charge in [-0.05, 0) is 43.1 Å². The lowest BCUT2D eigenvalue weighted by molar-refractivity contribution is -0.130. The van der Waals surface area contributed by atoms with Crippen LogP contribution in [0, 0.1) is 0 Å². The number of amides is 2. The summed E-state index contributed by atoms with van der Waals surface area (Å²) in [6, 6.07) is 12.4. The molecule has 0 saturated carbocycles. The number of nitrogens with zero attached hydrogens (tertiary/aromatic N) is 2. The van der Waals surface area contributed by atoms with E-state index in [2.05, 4.69) is 33.1 Å². The Bertz CT molecular complexity index is 1220. The van der Waals surface area contributed by atoms with Crippen molar-refractivity contribution < 1.29 is 18.0 Å². The second kappa shape index (κ2) is 12.8. The number of carbonyl (C=O) groups is 2. The molecule has 0 radical (unpaired) electrons. The lowest BCUT2D eigenvalue weighted by atomic mass is 10.1. The van der Waals surface area contributed by atoms with Crippen molar-refractivity contribution in [3.05, 3.63) is 58.6 Å². The summed E-state index contributed by atoms with van der Waals surface area (Å²) in [7, 11) is -1.83. The van der Waals surface area contributed by atoms with E-state index in [4.69, 9.17) is 11.6 Å². The average Bonchev–Trinajstić information content (AvgIpc) is 3.38. The molecule has 0 saturated heterocycles. The third-order valence-corrected chi connectivity index (χ3v) is 7.58. The Labute approximate surface area is 217 Å². The summed E-state index contributed by atoms with van der Waals surface area (Å²) in [5.74, 6) is 0.376. The van der Waals surface area contributed by atoms with Crippen LogP contribution in [-0.4, -0.2) is 70.1 Å². The first-order valence-electron chi connectivity index (χ1n) is 11.8. The monoisotopic (exact) mass is 533 g/mol. The van der Waals surface area contributed by atoms with Crippen LogP contribution in [0.25, 0.3) is 0 Å². The predicted molar refractivity (Wildman–Crippen MR) is 142 cm³/mol. The Hall–Kier alpha value is -2.95. The van der Waals surface area contributed by atoms with E-state index in [9.17, 15) is 18.0 Å². The molecule has 1 aliphatic heterocycles.